The number of hydrogen-bond donors (Lipinski definition) is 0. The van der Waals surface area contributed by atoms with Gasteiger partial charge in [-0.25, -0.2) is 9.79 Å². The molecule has 1 aliphatic heterocycles. The molecule has 204 valence electrons. The lowest BCUT2D eigenvalue weighted by atomic mass is 9.95. The summed E-state index contributed by atoms with van der Waals surface area (Å²) in [4.78, 5) is 32.2. The first-order chi connectivity index (χ1) is 18.7. The van der Waals surface area contributed by atoms with E-state index < -0.39 is 12.0 Å². The van der Waals surface area contributed by atoms with Crippen molar-refractivity contribution >= 4 is 50.9 Å². The van der Waals surface area contributed by atoms with Crippen LogP contribution in [0.4, 0.5) is 0 Å². The molecule has 8 nitrogen and oxygen atoms in total. The van der Waals surface area contributed by atoms with E-state index in [-0.39, 0.29) is 17.7 Å². The van der Waals surface area contributed by atoms with Crippen molar-refractivity contribution in [3.05, 3.63) is 94.6 Å². The Balaban J connectivity index is 2.00. The van der Waals surface area contributed by atoms with Crippen LogP contribution in [0.2, 0.25) is 5.02 Å². The molecule has 0 radical (unpaired) electrons. The smallest absolute Gasteiger partial charge is 0.338 e. The molecule has 0 bridgehead atoms. The number of carbonyl (C=O) groups is 1. The summed E-state index contributed by atoms with van der Waals surface area (Å²) in [5.74, 6) is 0.924. The molecule has 0 aliphatic carbocycles. The molecule has 39 heavy (non-hydrogen) atoms. The van der Waals surface area contributed by atoms with Crippen molar-refractivity contribution in [3.63, 3.8) is 0 Å². The maximum absolute atomic E-state index is 14.0. The zero-order chi connectivity index (χ0) is 28.3. The molecular weight excluding hydrogens is 608 g/mol. The normalized spacial score (nSPS) is 14.9. The van der Waals surface area contributed by atoms with Crippen molar-refractivity contribution in [1.82, 2.24) is 4.57 Å². The maximum atomic E-state index is 14.0. The van der Waals surface area contributed by atoms with Gasteiger partial charge in [-0.15, -0.1) is 0 Å². The number of aromatic nitrogens is 1. The average Bonchev–Trinajstić information content (AvgIpc) is 3.21. The van der Waals surface area contributed by atoms with Gasteiger partial charge >= 0.3 is 5.97 Å². The molecule has 1 aliphatic rings. The molecule has 0 N–H and O–H groups in total. The summed E-state index contributed by atoms with van der Waals surface area (Å²) in [7, 11) is 3.05. The van der Waals surface area contributed by atoms with Gasteiger partial charge in [-0.1, -0.05) is 51.5 Å². The zero-order valence-electron chi connectivity index (χ0n) is 21.7. The topological polar surface area (TPSA) is 88.3 Å². The Morgan fingerprint density at radius 1 is 1.21 bits per heavy atom. The number of benzene rings is 2. The number of nitrogens with zero attached hydrogens (tertiary/aromatic N) is 2. The Hall–Kier alpha value is -3.34. The van der Waals surface area contributed by atoms with Crippen LogP contribution in [0.1, 0.15) is 31.0 Å². The van der Waals surface area contributed by atoms with Crippen LogP contribution in [0, 0.1) is 0 Å². The molecule has 0 unspecified atom stereocenters. The highest BCUT2D eigenvalue weighted by Crippen LogP contribution is 2.40. The van der Waals surface area contributed by atoms with Gasteiger partial charge in [0.25, 0.3) is 5.56 Å². The van der Waals surface area contributed by atoms with E-state index in [9.17, 15) is 9.59 Å². The second-order valence-corrected chi connectivity index (χ2v) is 10.6. The van der Waals surface area contributed by atoms with Crippen molar-refractivity contribution in [2.75, 3.05) is 27.4 Å². The van der Waals surface area contributed by atoms with Crippen molar-refractivity contribution in [1.29, 1.82) is 0 Å². The lowest BCUT2D eigenvalue weighted by Gasteiger charge is -2.26. The van der Waals surface area contributed by atoms with Gasteiger partial charge in [0.2, 0.25) is 0 Å². The first kappa shape index (κ1) is 28.7. The molecule has 3 aromatic rings. The predicted molar refractivity (Wildman–Crippen MR) is 155 cm³/mol. The second-order valence-electron chi connectivity index (χ2n) is 8.31. The number of carbonyl (C=O) groups excluding carboxylic acids is 1. The van der Waals surface area contributed by atoms with Gasteiger partial charge in [-0.3, -0.25) is 9.36 Å². The van der Waals surface area contributed by atoms with Gasteiger partial charge in [-0.2, -0.15) is 0 Å². The van der Waals surface area contributed by atoms with Gasteiger partial charge < -0.3 is 18.9 Å². The van der Waals surface area contributed by atoms with Gasteiger partial charge in [0.15, 0.2) is 16.3 Å². The Kier molecular flexibility index (Phi) is 8.99. The molecule has 11 heteroatoms. The lowest BCUT2D eigenvalue weighted by molar-refractivity contribution is -0.139. The van der Waals surface area contributed by atoms with E-state index >= 15 is 0 Å². The quantitative estimate of drug-likeness (QED) is 0.249. The van der Waals surface area contributed by atoms with Crippen LogP contribution in [-0.2, 0) is 9.53 Å². The SMILES string of the molecule is C=CCOc1ccc(Cl)cc1/C=c1\sc2n(c1=O)[C@@H](c1cc(OC)c(OC)cc1Br)C(C(=O)OCC)=C(C)N=2. The van der Waals surface area contributed by atoms with Crippen LogP contribution in [0.15, 0.2) is 68.5 Å². The summed E-state index contributed by atoms with van der Waals surface area (Å²) >= 11 is 11.1. The summed E-state index contributed by atoms with van der Waals surface area (Å²) in [6, 6.07) is 7.80. The third kappa shape index (κ3) is 5.68. The summed E-state index contributed by atoms with van der Waals surface area (Å²) in [6.45, 7) is 7.59. The molecule has 0 saturated heterocycles. The van der Waals surface area contributed by atoms with Crippen molar-refractivity contribution in [2.24, 2.45) is 4.99 Å². The standard InChI is InChI=1S/C28H26BrClN2O6S/c1-6-10-38-20-9-8-17(30)11-16(20)12-23-26(33)32-25(18-13-21(35-4)22(36-5)14-19(18)29)24(27(34)37-7-2)15(3)31-28(32)39-23/h6,8-9,11-14,25H,1,7,10H2,2-5H3/b23-12-/t25-/m0/s1. The average molecular weight is 634 g/mol. The lowest BCUT2D eigenvalue weighted by Crippen LogP contribution is -2.40. The number of allylic oxidation sites excluding steroid dienone is 1. The predicted octanol–water partition coefficient (Wildman–Crippen LogP) is 4.80. The van der Waals surface area contributed by atoms with Crippen LogP contribution >= 0.6 is 38.9 Å². The number of hydrogen-bond acceptors (Lipinski definition) is 8. The van der Waals surface area contributed by atoms with E-state index in [4.69, 9.17) is 30.5 Å². The van der Waals surface area contributed by atoms with Gasteiger partial charge in [0, 0.05) is 15.1 Å². The number of methoxy groups -OCH3 is 2. The van der Waals surface area contributed by atoms with Crippen LogP contribution < -0.4 is 29.1 Å². The second kappa shape index (κ2) is 12.2. The molecule has 1 aromatic heterocycles. The fourth-order valence-electron chi connectivity index (χ4n) is 4.22. The molecule has 0 amide bonds. The number of rotatable bonds is 9. The van der Waals surface area contributed by atoms with E-state index in [0.29, 0.717) is 59.5 Å². The summed E-state index contributed by atoms with van der Waals surface area (Å²) < 4.78 is 24.6. The maximum Gasteiger partial charge on any atom is 0.338 e. The highest BCUT2D eigenvalue weighted by molar-refractivity contribution is 9.10. The van der Waals surface area contributed by atoms with E-state index in [1.165, 1.54) is 30.1 Å². The van der Waals surface area contributed by atoms with Crippen LogP contribution in [0.5, 0.6) is 17.2 Å². The minimum atomic E-state index is -0.840. The number of ether oxygens (including phenoxy) is 4. The van der Waals surface area contributed by atoms with Gasteiger partial charge in [0.1, 0.15) is 12.4 Å². The van der Waals surface area contributed by atoms with E-state index in [1.54, 1.807) is 56.3 Å². The van der Waals surface area contributed by atoms with Crippen molar-refractivity contribution in [3.8, 4) is 17.2 Å². The number of halogens is 2. The Morgan fingerprint density at radius 3 is 2.59 bits per heavy atom. The fraction of sp³-hybridized carbons (Fsp3) is 0.250. The fourth-order valence-corrected chi connectivity index (χ4v) is 5.98. The van der Waals surface area contributed by atoms with Gasteiger partial charge in [-0.05, 0) is 55.8 Å². The summed E-state index contributed by atoms with van der Waals surface area (Å²) in [5.41, 5.74) is 1.59. The van der Waals surface area contributed by atoms with E-state index in [1.807, 2.05) is 0 Å². The first-order valence-corrected chi connectivity index (χ1v) is 13.9. The molecule has 0 saturated carbocycles. The molecule has 1 atom stereocenters. The zero-order valence-corrected chi connectivity index (χ0v) is 24.9. The number of thiazole rings is 1. The Morgan fingerprint density at radius 2 is 1.92 bits per heavy atom. The molecule has 0 fully saturated rings. The van der Waals surface area contributed by atoms with E-state index in [0.717, 1.165) is 0 Å². The molecule has 4 rings (SSSR count). The molecule has 2 heterocycles. The monoisotopic (exact) mass is 632 g/mol. The van der Waals surface area contributed by atoms with Crippen LogP contribution in [0.3, 0.4) is 0 Å². The molecule has 2 aromatic carbocycles. The highest BCUT2D eigenvalue weighted by atomic mass is 79.9. The highest BCUT2D eigenvalue weighted by Gasteiger charge is 2.35. The van der Waals surface area contributed by atoms with Gasteiger partial charge in [0.05, 0.1) is 42.7 Å². The molecule has 0 spiro atoms. The van der Waals surface area contributed by atoms with Crippen LogP contribution in [-0.4, -0.2) is 38.0 Å². The number of esters is 1. The third-order valence-electron chi connectivity index (χ3n) is 5.93. The number of fused-ring (bicyclic) bond motifs is 1. The Bertz CT molecular complexity index is 1660. The molecular formula is C28H26BrClN2O6S. The summed E-state index contributed by atoms with van der Waals surface area (Å²) in [6.07, 6.45) is 3.34. The van der Waals surface area contributed by atoms with Crippen molar-refractivity contribution < 1.29 is 23.7 Å². The Labute approximate surface area is 242 Å². The minimum absolute atomic E-state index is 0.169. The van der Waals surface area contributed by atoms with Crippen molar-refractivity contribution in [2.45, 2.75) is 19.9 Å². The third-order valence-corrected chi connectivity index (χ3v) is 7.83. The first-order valence-electron chi connectivity index (χ1n) is 11.9. The van der Waals surface area contributed by atoms with Crippen LogP contribution in [0.25, 0.3) is 6.08 Å². The minimum Gasteiger partial charge on any atom is -0.493 e. The largest absolute Gasteiger partial charge is 0.493 e. The summed E-state index contributed by atoms with van der Waals surface area (Å²) in [5, 5.41) is 0.493. The van der Waals surface area contributed by atoms with E-state index in [2.05, 4.69) is 27.5 Å².